The first-order chi connectivity index (χ1) is 24.8. The molecule has 0 aliphatic heterocycles. The van der Waals surface area contributed by atoms with Crippen molar-refractivity contribution in [3.63, 3.8) is 0 Å². The van der Waals surface area contributed by atoms with Crippen molar-refractivity contribution in [2.45, 2.75) is 205 Å². The maximum atomic E-state index is 1.67. The predicted octanol–water partition coefficient (Wildman–Crippen LogP) is 14.7. The van der Waals surface area contributed by atoms with Gasteiger partial charge in [0.25, 0.3) is 0 Å². The quantitative estimate of drug-likeness (QED) is 0.271. The van der Waals surface area contributed by atoms with Crippen LogP contribution in [0.4, 0.5) is 0 Å². The van der Waals surface area contributed by atoms with Gasteiger partial charge in [-0.1, -0.05) is 77.0 Å². The van der Waals surface area contributed by atoms with Gasteiger partial charge in [0.05, 0.1) is 0 Å². The van der Waals surface area contributed by atoms with Crippen LogP contribution in [-0.2, 0) is 0 Å². The summed E-state index contributed by atoms with van der Waals surface area (Å²) in [5.41, 5.74) is 0. The topological polar surface area (TPSA) is 0 Å². The average Bonchev–Trinajstić information content (AvgIpc) is 3.20. The van der Waals surface area contributed by atoms with Crippen LogP contribution >= 0.6 is 0 Å². The van der Waals surface area contributed by atoms with Gasteiger partial charge in [-0.15, -0.1) is 0 Å². The molecule has 0 radical (unpaired) electrons. The first-order valence-corrected chi connectivity index (χ1v) is 24.8. The number of hydrogen-bond donors (Lipinski definition) is 0. The van der Waals surface area contributed by atoms with Gasteiger partial charge in [0, 0.05) is 0 Å². The molecule has 0 aromatic carbocycles. The molecule has 0 heterocycles. The van der Waals surface area contributed by atoms with Crippen LogP contribution in [-0.4, -0.2) is 0 Å². The summed E-state index contributed by atoms with van der Waals surface area (Å²) in [5, 5.41) is 0. The molecule has 13 unspecified atom stereocenters. The number of fused-ring (bicyclic) bond motifs is 1. The molecule has 0 aromatic rings. The largest absolute Gasteiger partial charge is 0.0533 e. The van der Waals surface area contributed by atoms with E-state index in [4.69, 9.17) is 0 Å². The van der Waals surface area contributed by atoms with Crippen molar-refractivity contribution in [2.24, 2.45) is 107 Å². The second-order valence-electron chi connectivity index (χ2n) is 22.3. The van der Waals surface area contributed by atoms with E-state index in [0.717, 1.165) is 94.7 Å². The number of rotatable bonds is 5. The second-order valence-corrected chi connectivity index (χ2v) is 22.3. The summed E-state index contributed by atoms with van der Waals surface area (Å²) in [5.74, 6) is 20.4. The Kier molecular flexibility index (Phi) is 10.5. The van der Waals surface area contributed by atoms with Crippen LogP contribution in [0.15, 0.2) is 0 Å². The van der Waals surface area contributed by atoms with E-state index in [1.807, 2.05) is 0 Å². The molecule has 13 atom stereocenters. The van der Waals surface area contributed by atoms with Gasteiger partial charge in [0.2, 0.25) is 0 Å². The molecule has 0 amide bonds. The van der Waals surface area contributed by atoms with E-state index in [-0.39, 0.29) is 0 Å². The van der Waals surface area contributed by atoms with E-state index in [9.17, 15) is 0 Å². The van der Waals surface area contributed by atoms with Crippen molar-refractivity contribution in [2.75, 3.05) is 0 Å². The molecular formula is C50H82. The van der Waals surface area contributed by atoms with E-state index >= 15 is 0 Å². The first-order valence-electron chi connectivity index (χ1n) is 24.8. The molecule has 0 heteroatoms. The summed E-state index contributed by atoms with van der Waals surface area (Å²) in [6, 6.07) is 0. The fourth-order valence-electron chi connectivity index (χ4n) is 19.0. The van der Waals surface area contributed by atoms with Crippen LogP contribution in [0.25, 0.3) is 0 Å². The Morgan fingerprint density at radius 3 is 1.04 bits per heavy atom. The average molecular weight is 683 g/mol. The highest BCUT2D eigenvalue weighted by Gasteiger charge is 2.58. The molecule has 0 aromatic heterocycles. The summed E-state index contributed by atoms with van der Waals surface area (Å²) in [4.78, 5) is 0. The third-order valence-electron chi connectivity index (χ3n) is 20.9. The fourth-order valence-corrected chi connectivity index (χ4v) is 19.0. The minimum absolute atomic E-state index is 1.11. The lowest BCUT2D eigenvalue weighted by Crippen LogP contribution is -2.56. The molecule has 282 valence electrons. The molecule has 0 spiro atoms. The van der Waals surface area contributed by atoms with Crippen molar-refractivity contribution in [3.8, 4) is 0 Å². The Balaban J connectivity index is 0.806. The smallest absolute Gasteiger partial charge is 0.0321 e. The van der Waals surface area contributed by atoms with E-state index in [1.165, 1.54) is 18.3 Å². The Hall–Kier alpha value is 0. The van der Waals surface area contributed by atoms with Gasteiger partial charge < -0.3 is 0 Å². The maximum Gasteiger partial charge on any atom is -0.0321 e. The molecule has 10 saturated carbocycles. The maximum absolute atomic E-state index is 1.67. The lowest BCUT2D eigenvalue weighted by Gasteiger charge is -2.63. The van der Waals surface area contributed by atoms with Gasteiger partial charge in [0.15, 0.2) is 0 Å². The summed E-state index contributed by atoms with van der Waals surface area (Å²) >= 11 is 0. The van der Waals surface area contributed by atoms with Crippen LogP contribution in [0, 0.1) is 107 Å². The summed E-state index contributed by atoms with van der Waals surface area (Å²) in [6.45, 7) is 0. The fraction of sp³-hybridized carbons (Fsp3) is 1.00. The van der Waals surface area contributed by atoms with Crippen molar-refractivity contribution in [3.05, 3.63) is 0 Å². The third-order valence-corrected chi connectivity index (χ3v) is 20.9. The summed E-state index contributed by atoms with van der Waals surface area (Å²) in [7, 11) is 0. The normalized spacial score (nSPS) is 53.2. The Morgan fingerprint density at radius 2 is 0.420 bits per heavy atom. The highest BCUT2D eigenvalue weighted by Crippen LogP contribution is 2.66. The molecular weight excluding hydrogens is 601 g/mol. The zero-order valence-corrected chi connectivity index (χ0v) is 33.0. The molecule has 10 rings (SSSR count). The molecule has 50 heavy (non-hydrogen) atoms. The van der Waals surface area contributed by atoms with E-state index in [2.05, 4.69) is 0 Å². The summed E-state index contributed by atoms with van der Waals surface area (Å²) < 4.78 is 0. The molecule has 10 aliphatic rings. The van der Waals surface area contributed by atoms with Crippen LogP contribution in [0.5, 0.6) is 0 Å². The molecule has 0 bridgehead atoms. The van der Waals surface area contributed by atoms with E-state index < -0.39 is 0 Å². The Bertz CT molecular complexity index is 1080. The molecule has 10 fully saturated rings. The Morgan fingerprint density at radius 1 is 0.140 bits per heavy atom. The highest BCUT2D eigenvalue weighted by atomic mass is 14.6. The third kappa shape index (κ3) is 6.47. The lowest BCUT2D eigenvalue weighted by atomic mass is 9.42. The highest BCUT2D eigenvalue weighted by molar-refractivity contribution is 5.07. The monoisotopic (exact) mass is 683 g/mol. The van der Waals surface area contributed by atoms with Gasteiger partial charge in [-0.3, -0.25) is 0 Å². The van der Waals surface area contributed by atoms with Gasteiger partial charge in [-0.2, -0.15) is 0 Å². The summed E-state index contributed by atoms with van der Waals surface area (Å²) in [6.07, 6.45) is 51.6. The van der Waals surface area contributed by atoms with Crippen LogP contribution in [0.1, 0.15) is 205 Å². The molecule has 0 saturated heterocycles. The van der Waals surface area contributed by atoms with Crippen molar-refractivity contribution >= 4 is 0 Å². The first kappa shape index (κ1) is 34.5. The van der Waals surface area contributed by atoms with Crippen LogP contribution in [0.2, 0.25) is 0 Å². The molecule has 10 aliphatic carbocycles. The molecule has 0 nitrogen and oxygen atoms in total. The zero-order valence-electron chi connectivity index (χ0n) is 33.0. The van der Waals surface area contributed by atoms with Gasteiger partial charge in [-0.25, -0.2) is 0 Å². The van der Waals surface area contributed by atoms with Gasteiger partial charge in [0.1, 0.15) is 0 Å². The van der Waals surface area contributed by atoms with Crippen LogP contribution < -0.4 is 0 Å². The zero-order chi connectivity index (χ0) is 33.0. The molecule has 0 N–H and O–H groups in total. The Labute approximate surface area is 311 Å². The van der Waals surface area contributed by atoms with Crippen molar-refractivity contribution in [1.29, 1.82) is 0 Å². The van der Waals surface area contributed by atoms with Gasteiger partial charge >= 0.3 is 0 Å². The minimum Gasteiger partial charge on any atom is -0.0533 e. The SMILES string of the molecule is C1CCC(C2CCC(C3CCCCC3C3CCC4CCC5CCC(C6CCC(C7CCCC8CCCCC87)CC6)C6CCC3C4C56)CC2)CC1. The lowest BCUT2D eigenvalue weighted by molar-refractivity contribution is -0.140. The van der Waals surface area contributed by atoms with Crippen LogP contribution in [0.3, 0.4) is 0 Å². The second kappa shape index (κ2) is 15.3. The van der Waals surface area contributed by atoms with Crippen molar-refractivity contribution < 1.29 is 0 Å². The standard InChI is InChI=1S/C50H82/c1-2-9-33(10-3-1)34-17-19-37(20-18-34)43-14-6-7-15-45(43)46-30-28-40-26-25-39-27-29-44(47-31-32-48(46)50(40)49(39)47)38-23-21-36(22-24-38)42-16-8-12-35-11-4-5-13-41(35)42/h33-50H,1-32H2. The van der Waals surface area contributed by atoms with E-state index in [1.54, 1.807) is 199 Å². The van der Waals surface area contributed by atoms with E-state index in [0.29, 0.717) is 0 Å². The van der Waals surface area contributed by atoms with Crippen molar-refractivity contribution in [1.82, 2.24) is 0 Å². The minimum atomic E-state index is 1.11. The predicted molar refractivity (Wildman–Crippen MR) is 211 cm³/mol. The van der Waals surface area contributed by atoms with Gasteiger partial charge in [-0.05, 0) is 235 Å². The number of hydrogen-bond acceptors (Lipinski definition) is 0.